The molecule has 0 spiro atoms. The van der Waals surface area contributed by atoms with E-state index in [2.05, 4.69) is 57.2 Å². The highest BCUT2D eigenvalue weighted by Crippen LogP contribution is 2.17. The molecule has 5 heteroatoms. The minimum Gasteiger partial charge on any atom is -0.462 e. The van der Waals surface area contributed by atoms with Crippen molar-refractivity contribution in [3.05, 3.63) is 36.5 Å². The van der Waals surface area contributed by atoms with Gasteiger partial charge in [-0.15, -0.1) is 0 Å². The number of unbranched alkanes of at least 4 members (excludes halogenated alkanes) is 40. The lowest BCUT2D eigenvalue weighted by atomic mass is 10.0. The number of esters is 2. The summed E-state index contributed by atoms with van der Waals surface area (Å²) in [5.74, 6) is -0.380. The molecule has 1 unspecified atom stereocenters. The van der Waals surface area contributed by atoms with Crippen LogP contribution in [0, 0.1) is 0 Å². The van der Waals surface area contributed by atoms with Crippen LogP contribution >= 0.6 is 0 Å². The highest BCUT2D eigenvalue weighted by Gasteiger charge is 2.17. The third-order valence-corrected chi connectivity index (χ3v) is 13.6. The summed E-state index contributed by atoms with van der Waals surface area (Å²) < 4.78 is 17.5. The topological polar surface area (TPSA) is 61.8 Å². The third kappa shape index (κ3) is 56.7. The Morgan fingerprint density at radius 2 is 0.618 bits per heavy atom. The van der Waals surface area contributed by atoms with Crippen LogP contribution in [0.5, 0.6) is 0 Å². The summed E-state index contributed by atoms with van der Waals surface area (Å²) in [7, 11) is 0. The van der Waals surface area contributed by atoms with E-state index in [-0.39, 0.29) is 18.5 Å². The largest absolute Gasteiger partial charge is 0.462 e. The van der Waals surface area contributed by atoms with E-state index in [1.165, 1.54) is 250 Å². The second kappa shape index (κ2) is 59.4. The first-order valence-electron chi connectivity index (χ1n) is 30.5. The molecule has 0 amide bonds. The van der Waals surface area contributed by atoms with Gasteiger partial charge in [0.2, 0.25) is 0 Å². The van der Waals surface area contributed by atoms with Crippen LogP contribution in [0.1, 0.15) is 329 Å². The predicted molar refractivity (Wildman–Crippen MR) is 298 cm³/mol. The molecule has 0 fully saturated rings. The average molecular weight is 956 g/mol. The van der Waals surface area contributed by atoms with Crippen LogP contribution in [-0.2, 0) is 23.8 Å². The van der Waals surface area contributed by atoms with E-state index in [0.29, 0.717) is 26.1 Å². The van der Waals surface area contributed by atoms with Crippen molar-refractivity contribution in [3.8, 4) is 0 Å². The fourth-order valence-corrected chi connectivity index (χ4v) is 9.07. The van der Waals surface area contributed by atoms with Gasteiger partial charge in [0.15, 0.2) is 6.10 Å². The fourth-order valence-electron chi connectivity index (χ4n) is 9.07. The molecule has 68 heavy (non-hydrogen) atoms. The van der Waals surface area contributed by atoms with Crippen LogP contribution in [0.2, 0.25) is 0 Å². The van der Waals surface area contributed by atoms with Crippen molar-refractivity contribution in [3.63, 3.8) is 0 Å². The van der Waals surface area contributed by atoms with Crippen molar-refractivity contribution in [2.24, 2.45) is 0 Å². The SMILES string of the molecule is CCCCC/C=C\C/C=C\CCCCCCCCCCCCOCC(COC(=O)CCCCCCCCCCC/C=C\CCCCCCCC)OC(=O)CCCCCCCCCCCCCCC. The first kappa shape index (κ1) is 66.1. The maximum atomic E-state index is 12.9. The van der Waals surface area contributed by atoms with Gasteiger partial charge in [-0.3, -0.25) is 9.59 Å². The molecule has 0 aliphatic carbocycles. The molecule has 0 bridgehead atoms. The summed E-state index contributed by atoms with van der Waals surface area (Å²) in [5.41, 5.74) is 0. The summed E-state index contributed by atoms with van der Waals surface area (Å²) >= 11 is 0. The Kier molecular flexibility index (Phi) is 57.8. The van der Waals surface area contributed by atoms with Gasteiger partial charge in [0.05, 0.1) is 6.61 Å². The van der Waals surface area contributed by atoms with E-state index in [4.69, 9.17) is 14.2 Å². The molecule has 400 valence electrons. The van der Waals surface area contributed by atoms with Gasteiger partial charge in [-0.1, -0.05) is 276 Å². The van der Waals surface area contributed by atoms with Crippen molar-refractivity contribution in [1.29, 1.82) is 0 Å². The molecule has 1 atom stereocenters. The Morgan fingerprint density at radius 3 is 1.01 bits per heavy atom. The molecule has 0 aliphatic heterocycles. The molecule has 0 aliphatic rings. The molecule has 0 aromatic rings. The van der Waals surface area contributed by atoms with E-state index in [1.807, 2.05) is 0 Å². The van der Waals surface area contributed by atoms with Gasteiger partial charge in [0, 0.05) is 19.4 Å². The Labute approximate surface area is 425 Å². The summed E-state index contributed by atoms with van der Waals surface area (Å²) in [4.78, 5) is 25.5. The Bertz CT molecular complexity index is 1080. The molecule has 0 N–H and O–H groups in total. The van der Waals surface area contributed by atoms with Gasteiger partial charge in [0.1, 0.15) is 6.61 Å². The Morgan fingerprint density at radius 1 is 0.324 bits per heavy atom. The van der Waals surface area contributed by atoms with Crippen molar-refractivity contribution < 1.29 is 23.8 Å². The molecule has 0 heterocycles. The molecule has 0 rings (SSSR count). The first-order chi connectivity index (χ1) is 33.6. The number of ether oxygens (including phenoxy) is 3. The number of allylic oxidation sites excluding steroid dienone is 6. The lowest BCUT2D eigenvalue weighted by molar-refractivity contribution is -0.163. The van der Waals surface area contributed by atoms with Crippen molar-refractivity contribution >= 4 is 11.9 Å². The number of rotatable bonds is 57. The van der Waals surface area contributed by atoms with E-state index < -0.39 is 6.10 Å². The molecule has 0 radical (unpaired) electrons. The monoisotopic (exact) mass is 955 g/mol. The second-order valence-corrected chi connectivity index (χ2v) is 20.6. The number of carbonyl (C=O) groups is 2. The van der Waals surface area contributed by atoms with E-state index in [1.54, 1.807) is 0 Å². The minimum absolute atomic E-state index is 0.0889. The van der Waals surface area contributed by atoms with Crippen LogP contribution in [0.25, 0.3) is 0 Å². The zero-order valence-corrected chi connectivity index (χ0v) is 46.1. The van der Waals surface area contributed by atoms with Crippen molar-refractivity contribution in [2.75, 3.05) is 19.8 Å². The molecular formula is C63H118O5. The first-order valence-corrected chi connectivity index (χ1v) is 30.5. The molecule has 5 nitrogen and oxygen atoms in total. The van der Waals surface area contributed by atoms with Gasteiger partial charge in [-0.05, 0) is 77.0 Å². The van der Waals surface area contributed by atoms with Crippen LogP contribution in [0.3, 0.4) is 0 Å². The lowest BCUT2D eigenvalue weighted by Gasteiger charge is -2.18. The zero-order chi connectivity index (χ0) is 49.2. The zero-order valence-electron chi connectivity index (χ0n) is 46.1. The van der Waals surface area contributed by atoms with Crippen LogP contribution in [0.4, 0.5) is 0 Å². The third-order valence-electron chi connectivity index (χ3n) is 13.6. The van der Waals surface area contributed by atoms with Crippen LogP contribution in [-0.4, -0.2) is 37.9 Å². The summed E-state index contributed by atoms with van der Waals surface area (Å²) in [6.45, 7) is 7.86. The fraction of sp³-hybridized carbons (Fsp3) is 0.873. The van der Waals surface area contributed by atoms with Crippen LogP contribution in [0.15, 0.2) is 36.5 Å². The minimum atomic E-state index is -0.534. The van der Waals surface area contributed by atoms with Crippen molar-refractivity contribution in [1.82, 2.24) is 0 Å². The summed E-state index contributed by atoms with van der Waals surface area (Å²) in [6.07, 6.45) is 73.1. The lowest BCUT2D eigenvalue weighted by Crippen LogP contribution is -2.30. The number of hydrogen-bond acceptors (Lipinski definition) is 5. The van der Waals surface area contributed by atoms with Gasteiger partial charge in [0.25, 0.3) is 0 Å². The maximum absolute atomic E-state index is 12.9. The predicted octanol–water partition coefficient (Wildman–Crippen LogP) is 20.9. The molecule has 0 saturated carbocycles. The summed E-state index contributed by atoms with van der Waals surface area (Å²) in [6, 6.07) is 0. The number of carbonyl (C=O) groups excluding carboxylic acids is 2. The van der Waals surface area contributed by atoms with Gasteiger partial charge in [-0.2, -0.15) is 0 Å². The van der Waals surface area contributed by atoms with Gasteiger partial charge >= 0.3 is 11.9 Å². The quantitative estimate of drug-likeness (QED) is 0.0345. The maximum Gasteiger partial charge on any atom is 0.306 e. The van der Waals surface area contributed by atoms with Gasteiger partial charge < -0.3 is 14.2 Å². The Balaban J connectivity index is 4.20. The molecule has 0 saturated heterocycles. The van der Waals surface area contributed by atoms with Crippen LogP contribution < -0.4 is 0 Å². The smallest absolute Gasteiger partial charge is 0.306 e. The molecular weight excluding hydrogens is 837 g/mol. The molecule has 0 aromatic carbocycles. The highest BCUT2D eigenvalue weighted by molar-refractivity contribution is 5.70. The number of hydrogen-bond donors (Lipinski definition) is 0. The second-order valence-electron chi connectivity index (χ2n) is 20.6. The summed E-state index contributed by atoms with van der Waals surface area (Å²) in [5, 5.41) is 0. The van der Waals surface area contributed by atoms with Gasteiger partial charge in [-0.25, -0.2) is 0 Å². The normalized spacial score (nSPS) is 12.3. The Hall–Kier alpha value is -1.88. The molecule has 0 aromatic heterocycles. The van der Waals surface area contributed by atoms with E-state index >= 15 is 0 Å². The van der Waals surface area contributed by atoms with E-state index in [9.17, 15) is 9.59 Å². The van der Waals surface area contributed by atoms with E-state index in [0.717, 1.165) is 44.9 Å². The standard InChI is InChI=1S/C63H118O5/c1-4-7-10-13-16-19-22-25-27-29-31-33-35-37-40-43-46-49-52-55-58-66-59-61(68-63(65)57-54-51-48-45-42-38-24-21-18-15-12-9-6-3)60-67-62(64)56-53-50-47-44-41-39-36-34-32-30-28-26-23-20-17-14-11-8-5-2/h16,19,25-28,61H,4-15,17-18,20-24,29-60H2,1-3H3/b19-16-,27-25-,28-26-. The average Bonchev–Trinajstić information content (AvgIpc) is 3.34. The van der Waals surface area contributed by atoms with Crippen molar-refractivity contribution in [2.45, 2.75) is 335 Å². The highest BCUT2D eigenvalue weighted by atomic mass is 16.6.